The molecule has 0 saturated carbocycles. The van der Waals surface area contributed by atoms with Crippen LogP contribution in [-0.2, 0) is 0 Å². The van der Waals surface area contributed by atoms with Gasteiger partial charge in [0.25, 0.3) is 5.88 Å². The lowest BCUT2D eigenvalue weighted by atomic mass is 10.2. The first kappa shape index (κ1) is 17.8. The van der Waals surface area contributed by atoms with Crippen molar-refractivity contribution in [2.45, 2.75) is 6.92 Å². The molecule has 0 amide bonds. The number of nitrogens with zero attached hydrogens (tertiary/aromatic N) is 3. The van der Waals surface area contributed by atoms with Gasteiger partial charge in [-0.05, 0) is 30.7 Å². The number of anilines is 1. The number of hydrogen-bond acceptors (Lipinski definition) is 7. The first-order chi connectivity index (χ1) is 12.1. The maximum Gasteiger partial charge on any atom is 0.252 e. The number of methoxy groups -OCH3 is 1. The number of nitrogens with one attached hydrogen (secondary N) is 1. The first-order valence-electron chi connectivity index (χ1n) is 7.36. The number of benzene rings is 1. The molecule has 0 aliphatic rings. The van der Waals surface area contributed by atoms with Crippen LogP contribution in [0.5, 0.6) is 11.5 Å². The molecule has 0 radical (unpaired) electrons. The maximum absolute atomic E-state index is 9.07. The second-order valence-corrected chi connectivity index (χ2v) is 4.97. The summed E-state index contributed by atoms with van der Waals surface area (Å²) in [5, 5.41) is 13.1. The van der Waals surface area contributed by atoms with E-state index in [1.54, 1.807) is 38.5 Å². The lowest BCUT2D eigenvalue weighted by molar-refractivity contribution is 0.326. The predicted octanol–water partition coefficient (Wildman–Crippen LogP) is 3.60. The molecule has 25 heavy (non-hydrogen) atoms. The summed E-state index contributed by atoms with van der Waals surface area (Å²) >= 11 is 0. The number of oxazole rings is 1. The van der Waals surface area contributed by atoms with Crippen LogP contribution in [-0.4, -0.2) is 24.9 Å². The van der Waals surface area contributed by atoms with Gasteiger partial charge in [-0.1, -0.05) is 19.2 Å². The van der Waals surface area contributed by atoms with E-state index in [4.69, 9.17) is 19.2 Å². The molecule has 0 aliphatic carbocycles. The van der Waals surface area contributed by atoms with Crippen LogP contribution in [0.3, 0.4) is 0 Å². The molecular weight excluding hydrogens is 320 g/mol. The summed E-state index contributed by atoms with van der Waals surface area (Å²) in [5.74, 6) is 1.64. The van der Waals surface area contributed by atoms with Crippen LogP contribution in [0.15, 0.2) is 47.0 Å². The second kappa shape index (κ2) is 8.36. The van der Waals surface area contributed by atoms with Crippen LogP contribution in [0, 0.1) is 11.3 Å². The van der Waals surface area contributed by atoms with Gasteiger partial charge in [-0.3, -0.25) is 0 Å². The normalized spacial score (nSPS) is 10.3. The second-order valence-electron chi connectivity index (χ2n) is 4.97. The van der Waals surface area contributed by atoms with Gasteiger partial charge in [0, 0.05) is 5.57 Å². The summed E-state index contributed by atoms with van der Waals surface area (Å²) < 4.78 is 16.2. The highest BCUT2D eigenvalue weighted by Gasteiger charge is 2.12. The highest BCUT2D eigenvalue weighted by atomic mass is 16.5. The molecule has 7 heteroatoms. The lowest BCUT2D eigenvalue weighted by Crippen LogP contribution is -1.97. The number of allylic oxidation sites excluding steroid dienone is 1. The Balaban J connectivity index is 2.13. The van der Waals surface area contributed by atoms with E-state index >= 15 is 0 Å². The van der Waals surface area contributed by atoms with Gasteiger partial charge in [0.05, 0.1) is 13.3 Å². The summed E-state index contributed by atoms with van der Waals surface area (Å²) in [7, 11) is 1.56. The minimum atomic E-state index is 0.112. The molecule has 1 aromatic heterocycles. The first-order valence-corrected chi connectivity index (χ1v) is 7.36. The molecule has 0 spiro atoms. The average molecular weight is 338 g/mol. The molecule has 0 unspecified atom stereocenters. The molecule has 128 valence electrons. The summed E-state index contributed by atoms with van der Waals surface area (Å²) in [6.45, 7) is 9.46. The van der Waals surface area contributed by atoms with Crippen LogP contribution in [0.4, 0.5) is 5.88 Å². The van der Waals surface area contributed by atoms with Crippen molar-refractivity contribution in [2.24, 2.45) is 5.10 Å². The zero-order valence-corrected chi connectivity index (χ0v) is 14.1. The smallest absolute Gasteiger partial charge is 0.252 e. The third-order valence-corrected chi connectivity index (χ3v) is 3.02. The molecule has 0 aliphatic heterocycles. The summed E-state index contributed by atoms with van der Waals surface area (Å²) in [6.07, 6.45) is 3.21. The molecule has 2 rings (SSSR count). The SMILES string of the molecule is C=CCOc1ccc(/C=N\Nc2oc(C(=C)C)nc2C#N)cc1OC. The Morgan fingerprint density at radius 1 is 1.48 bits per heavy atom. The number of aromatic nitrogens is 1. The van der Waals surface area contributed by atoms with Gasteiger partial charge in [0.2, 0.25) is 11.6 Å². The number of rotatable bonds is 8. The Kier molecular flexibility index (Phi) is 5.96. The summed E-state index contributed by atoms with van der Waals surface area (Å²) in [4.78, 5) is 4.01. The monoisotopic (exact) mass is 338 g/mol. The van der Waals surface area contributed by atoms with Crippen LogP contribution in [0.1, 0.15) is 24.1 Å². The van der Waals surface area contributed by atoms with E-state index in [0.29, 0.717) is 29.6 Å². The van der Waals surface area contributed by atoms with Crippen molar-refractivity contribution in [3.63, 3.8) is 0 Å². The molecule has 0 atom stereocenters. The maximum atomic E-state index is 9.07. The molecule has 0 bridgehead atoms. The van der Waals surface area contributed by atoms with Crippen LogP contribution in [0.2, 0.25) is 0 Å². The Hall–Kier alpha value is -3.53. The van der Waals surface area contributed by atoms with E-state index in [-0.39, 0.29) is 11.6 Å². The minimum Gasteiger partial charge on any atom is -0.493 e. The molecule has 1 aromatic carbocycles. The Morgan fingerprint density at radius 2 is 2.28 bits per heavy atom. The van der Waals surface area contributed by atoms with E-state index in [1.165, 1.54) is 0 Å². The van der Waals surface area contributed by atoms with Crippen molar-refractivity contribution in [2.75, 3.05) is 19.1 Å². The lowest BCUT2D eigenvalue weighted by Gasteiger charge is -2.09. The largest absolute Gasteiger partial charge is 0.493 e. The molecule has 2 aromatic rings. The van der Waals surface area contributed by atoms with Crippen molar-refractivity contribution in [3.8, 4) is 17.6 Å². The van der Waals surface area contributed by atoms with Crippen molar-refractivity contribution >= 4 is 17.7 Å². The van der Waals surface area contributed by atoms with Crippen LogP contribution >= 0.6 is 0 Å². The Labute approximate surface area is 145 Å². The van der Waals surface area contributed by atoms with Gasteiger partial charge < -0.3 is 13.9 Å². The van der Waals surface area contributed by atoms with Gasteiger partial charge >= 0.3 is 0 Å². The standard InChI is InChI=1S/C18H18N4O3/c1-5-8-24-15-7-6-13(9-16(15)23-4)11-20-22-18-14(10-19)21-17(25-18)12(2)3/h5-7,9,11,22H,1-2,8H2,3-4H3/b20-11-. The van der Waals surface area contributed by atoms with Crippen molar-refractivity contribution in [3.05, 3.63) is 54.6 Å². The van der Waals surface area contributed by atoms with Gasteiger partial charge in [-0.2, -0.15) is 15.3 Å². The molecule has 7 nitrogen and oxygen atoms in total. The summed E-state index contributed by atoms with van der Waals surface area (Å²) in [6, 6.07) is 7.30. The quantitative estimate of drug-likeness (QED) is 0.449. The zero-order chi connectivity index (χ0) is 18.2. The van der Waals surface area contributed by atoms with E-state index < -0.39 is 0 Å². The Bertz CT molecular complexity index is 846. The van der Waals surface area contributed by atoms with Crippen molar-refractivity contribution in [1.82, 2.24) is 4.98 Å². The fourth-order valence-corrected chi connectivity index (χ4v) is 1.85. The average Bonchev–Trinajstić information content (AvgIpc) is 3.04. The van der Waals surface area contributed by atoms with Gasteiger partial charge in [-0.25, -0.2) is 5.43 Å². The number of nitriles is 1. The minimum absolute atomic E-state index is 0.112. The predicted molar refractivity (Wildman–Crippen MR) is 95.8 cm³/mol. The number of ether oxygens (including phenoxy) is 2. The van der Waals surface area contributed by atoms with Crippen LogP contribution < -0.4 is 14.9 Å². The van der Waals surface area contributed by atoms with Gasteiger partial charge in [0.1, 0.15) is 12.7 Å². The molecule has 1 N–H and O–H groups in total. The van der Waals surface area contributed by atoms with E-state index in [0.717, 1.165) is 5.56 Å². The van der Waals surface area contributed by atoms with E-state index in [1.807, 2.05) is 12.1 Å². The zero-order valence-electron chi connectivity index (χ0n) is 14.1. The third kappa shape index (κ3) is 4.48. The molecular formula is C18H18N4O3. The van der Waals surface area contributed by atoms with Gasteiger partial charge in [-0.15, -0.1) is 0 Å². The molecule has 0 fully saturated rings. The molecule has 0 saturated heterocycles. The van der Waals surface area contributed by atoms with Gasteiger partial charge in [0.15, 0.2) is 11.5 Å². The molecule has 1 heterocycles. The summed E-state index contributed by atoms with van der Waals surface area (Å²) in [5.41, 5.74) is 4.17. The Morgan fingerprint density at radius 3 is 2.92 bits per heavy atom. The highest BCUT2D eigenvalue weighted by molar-refractivity contribution is 5.81. The van der Waals surface area contributed by atoms with Crippen molar-refractivity contribution in [1.29, 1.82) is 5.26 Å². The fourth-order valence-electron chi connectivity index (χ4n) is 1.85. The fraction of sp³-hybridized carbons (Fsp3) is 0.167. The number of hydrazone groups is 1. The van der Waals surface area contributed by atoms with Crippen molar-refractivity contribution < 1.29 is 13.9 Å². The highest BCUT2D eigenvalue weighted by Crippen LogP contribution is 2.27. The topological polar surface area (TPSA) is 92.7 Å². The van der Waals surface area contributed by atoms with Crippen LogP contribution in [0.25, 0.3) is 5.57 Å². The van der Waals surface area contributed by atoms with E-state index in [2.05, 4.69) is 28.7 Å². The number of hydrogen-bond donors (Lipinski definition) is 1. The van der Waals surface area contributed by atoms with E-state index in [9.17, 15) is 0 Å². The third-order valence-electron chi connectivity index (χ3n) is 3.02.